The number of hydrogen-bond acceptors (Lipinski definition) is 3. The SMILES string of the molecule is CCCCCCCCCCOCCc1ccc(O)c(OC)c1. The van der Waals surface area contributed by atoms with Gasteiger partial charge in [-0.2, -0.15) is 0 Å². The molecule has 0 saturated heterocycles. The summed E-state index contributed by atoms with van der Waals surface area (Å²) in [6.45, 7) is 3.83. The van der Waals surface area contributed by atoms with E-state index < -0.39 is 0 Å². The third-order valence-corrected chi connectivity index (χ3v) is 3.92. The normalized spacial score (nSPS) is 10.8. The van der Waals surface area contributed by atoms with Crippen LogP contribution in [0.25, 0.3) is 0 Å². The second-order valence-corrected chi connectivity index (χ2v) is 5.84. The van der Waals surface area contributed by atoms with Crippen molar-refractivity contribution in [3.63, 3.8) is 0 Å². The molecule has 0 unspecified atom stereocenters. The summed E-state index contributed by atoms with van der Waals surface area (Å²) in [6, 6.07) is 5.46. The first kappa shape index (κ1) is 18.8. The zero-order chi connectivity index (χ0) is 16.0. The highest BCUT2D eigenvalue weighted by Crippen LogP contribution is 2.26. The van der Waals surface area contributed by atoms with E-state index in [9.17, 15) is 5.11 Å². The molecule has 0 spiro atoms. The van der Waals surface area contributed by atoms with Crippen molar-refractivity contribution in [1.82, 2.24) is 0 Å². The van der Waals surface area contributed by atoms with Crippen LogP contribution in [-0.4, -0.2) is 25.4 Å². The zero-order valence-corrected chi connectivity index (χ0v) is 14.3. The summed E-state index contributed by atoms with van der Waals surface area (Å²) < 4.78 is 10.8. The maximum absolute atomic E-state index is 9.54. The summed E-state index contributed by atoms with van der Waals surface area (Å²) in [4.78, 5) is 0. The van der Waals surface area contributed by atoms with Gasteiger partial charge >= 0.3 is 0 Å². The minimum atomic E-state index is 0.186. The molecule has 22 heavy (non-hydrogen) atoms. The van der Waals surface area contributed by atoms with E-state index in [1.54, 1.807) is 13.2 Å². The monoisotopic (exact) mass is 308 g/mol. The summed E-state index contributed by atoms with van der Waals surface area (Å²) in [5.41, 5.74) is 1.13. The van der Waals surface area contributed by atoms with Gasteiger partial charge in [-0.15, -0.1) is 0 Å². The van der Waals surface area contributed by atoms with Crippen molar-refractivity contribution in [3.8, 4) is 11.5 Å². The lowest BCUT2D eigenvalue weighted by Crippen LogP contribution is -2.00. The van der Waals surface area contributed by atoms with E-state index in [0.29, 0.717) is 5.75 Å². The Morgan fingerprint density at radius 1 is 0.909 bits per heavy atom. The van der Waals surface area contributed by atoms with Crippen LogP contribution in [0.4, 0.5) is 0 Å². The van der Waals surface area contributed by atoms with Crippen LogP contribution in [0.1, 0.15) is 63.9 Å². The third kappa shape index (κ3) is 8.28. The number of benzene rings is 1. The highest BCUT2D eigenvalue weighted by Gasteiger charge is 2.02. The molecule has 0 aliphatic carbocycles. The third-order valence-electron chi connectivity index (χ3n) is 3.92. The standard InChI is InChI=1S/C19H32O3/c1-3-4-5-6-7-8-9-10-14-22-15-13-17-11-12-18(20)19(16-17)21-2/h11-12,16,20H,3-10,13-15H2,1-2H3. The van der Waals surface area contributed by atoms with Crippen molar-refractivity contribution < 1.29 is 14.6 Å². The van der Waals surface area contributed by atoms with E-state index in [2.05, 4.69) is 6.92 Å². The molecule has 0 saturated carbocycles. The first-order chi connectivity index (χ1) is 10.8. The van der Waals surface area contributed by atoms with E-state index in [0.717, 1.165) is 31.6 Å². The Morgan fingerprint density at radius 2 is 1.59 bits per heavy atom. The number of methoxy groups -OCH3 is 1. The minimum absolute atomic E-state index is 0.186. The minimum Gasteiger partial charge on any atom is -0.504 e. The van der Waals surface area contributed by atoms with Gasteiger partial charge in [0, 0.05) is 6.61 Å². The molecule has 0 radical (unpaired) electrons. The summed E-state index contributed by atoms with van der Waals surface area (Å²) in [5, 5.41) is 9.54. The molecule has 0 aliphatic heterocycles. The molecule has 3 heteroatoms. The number of phenols is 1. The Bertz CT molecular complexity index is 390. The topological polar surface area (TPSA) is 38.7 Å². The molecule has 0 aliphatic rings. The summed E-state index contributed by atoms with van der Waals surface area (Å²) in [6.07, 6.45) is 11.5. The second-order valence-electron chi connectivity index (χ2n) is 5.84. The Labute approximate surface area is 135 Å². The lowest BCUT2D eigenvalue weighted by molar-refractivity contribution is 0.132. The lowest BCUT2D eigenvalue weighted by Gasteiger charge is -2.07. The van der Waals surface area contributed by atoms with E-state index >= 15 is 0 Å². The Balaban J connectivity index is 1.97. The van der Waals surface area contributed by atoms with Crippen LogP contribution >= 0.6 is 0 Å². The van der Waals surface area contributed by atoms with Crippen LogP contribution in [0.2, 0.25) is 0 Å². The van der Waals surface area contributed by atoms with Gasteiger partial charge in [-0.3, -0.25) is 0 Å². The van der Waals surface area contributed by atoms with Crippen molar-refractivity contribution in [2.24, 2.45) is 0 Å². The van der Waals surface area contributed by atoms with Crippen LogP contribution in [0.3, 0.4) is 0 Å². The van der Waals surface area contributed by atoms with E-state index in [1.165, 1.54) is 44.9 Å². The van der Waals surface area contributed by atoms with Crippen LogP contribution < -0.4 is 4.74 Å². The van der Waals surface area contributed by atoms with Crippen molar-refractivity contribution in [1.29, 1.82) is 0 Å². The predicted molar refractivity (Wildman–Crippen MR) is 91.8 cm³/mol. The number of rotatable bonds is 13. The van der Waals surface area contributed by atoms with Crippen LogP contribution in [-0.2, 0) is 11.2 Å². The lowest BCUT2D eigenvalue weighted by atomic mass is 10.1. The van der Waals surface area contributed by atoms with Gasteiger partial charge in [0.05, 0.1) is 13.7 Å². The van der Waals surface area contributed by atoms with Crippen molar-refractivity contribution in [2.45, 2.75) is 64.7 Å². The van der Waals surface area contributed by atoms with Crippen LogP contribution in [0, 0.1) is 0 Å². The number of phenolic OH excluding ortho intramolecular Hbond substituents is 1. The Morgan fingerprint density at radius 3 is 2.27 bits per heavy atom. The Kier molecular flexibility index (Phi) is 10.6. The average molecular weight is 308 g/mol. The second kappa shape index (κ2) is 12.3. The number of hydrogen-bond donors (Lipinski definition) is 1. The molecular formula is C19H32O3. The fourth-order valence-corrected chi connectivity index (χ4v) is 2.51. The first-order valence-electron chi connectivity index (χ1n) is 8.71. The molecule has 0 atom stereocenters. The molecule has 1 aromatic rings. The molecule has 0 bridgehead atoms. The quantitative estimate of drug-likeness (QED) is 0.515. The van der Waals surface area contributed by atoms with Gasteiger partial charge in [0.2, 0.25) is 0 Å². The molecular weight excluding hydrogens is 276 g/mol. The van der Waals surface area contributed by atoms with Crippen molar-refractivity contribution in [3.05, 3.63) is 23.8 Å². The van der Waals surface area contributed by atoms with Gasteiger partial charge in [-0.05, 0) is 30.5 Å². The summed E-state index contributed by atoms with van der Waals surface area (Å²) in [7, 11) is 1.57. The fraction of sp³-hybridized carbons (Fsp3) is 0.684. The highest BCUT2D eigenvalue weighted by molar-refractivity contribution is 5.41. The molecule has 0 fully saturated rings. The number of ether oxygens (including phenoxy) is 2. The fourth-order valence-electron chi connectivity index (χ4n) is 2.51. The van der Waals surface area contributed by atoms with E-state index in [1.807, 2.05) is 12.1 Å². The largest absolute Gasteiger partial charge is 0.504 e. The first-order valence-corrected chi connectivity index (χ1v) is 8.71. The van der Waals surface area contributed by atoms with Crippen LogP contribution in [0.5, 0.6) is 11.5 Å². The van der Waals surface area contributed by atoms with E-state index in [4.69, 9.17) is 9.47 Å². The number of unbranched alkanes of at least 4 members (excludes halogenated alkanes) is 7. The molecule has 1 aromatic carbocycles. The van der Waals surface area contributed by atoms with Gasteiger partial charge in [-0.25, -0.2) is 0 Å². The maximum Gasteiger partial charge on any atom is 0.160 e. The molecule has 1 rings (SSSR count). The smallest absolute Gasteiger partial charge is 0.160 e. The summed E-state index contributed by atoms with van der Waals surface area (Å²) in [5.74, 6) is 0.715. The van der Waals surface area contributed by atoms with Crippen LogP contribution in [0.15, 0.2) is 18.2 Å². The zero-order valence-electron chi connectivity index (χ0n) is 14.3. The summed E-state index contributed by atoms with van der Waals surface area (Å²) >= 11 is 0. The van der Waals surface area contributed by atoms with Crippen molar-refractivity contribution >= 4 is 0 Å². The van der Waals surface area contributed by atoms with Gasteiger partial charge in [-0.1, -0.05) is 57.9 Å². The molecule has 3 nitrogen and oxygen atoms in total. The Hall–Kier alpha value is -1.22. The van der Waals surface area contributed by atoms with Crippen molar-refractivity contribution in [2.75, 3.05) is 20.3 Å². The highest BCUT2D eigenvalue weighted by atomic mass is 16.5. The molecule has 1 N–H and O–H groups in total. The predicted octanol–water partition coefficient (Wildman–Crippen LogP) is 5.10. The molecule has 0 amide bonds. The average Bonchev–Trinajstić information content (AvgIpc) is 2.54. The number of aromatic hydroxyl groups is 1. The van der Waals surface area contributed by atoms with Gasteiger partial charge in [0.15, 0.2) is 11.5 Å². The van der Waals surface area contributed by atoms with E-state index in [-0.39, 0.29) is 5.75 Å². The maximum atomic E-state index is 9.54. The molecule has 0 aromatic heterocycles. The molecule has 126 valence electrons. The van der Waals surface area contributed by atoms with Gasteiger partial charge in [0.25, 0.3) is 0 Å². The molecule has 0 heterocycles. The van der Waals surface area contributed by atoms with Gasteiger partial charge in [0.1, 0.15) is 0 Å². The van der Waals surface area contributed by atoms with Gasteiger partial charge < -0.3 is 14.6 Å².